The Kier molecular flexibility index (Phi) is 5.55. The first-order valence-electron chi connectivity index (χ1n) is 6.62. The zero-order valence-corrected chi connectivity index (χ0v) is 12.2. The first kappa shape index (κ1) is 16.0. The number of nitrogens with one attached hydrogen (secondary N) is 2. The average Bonchev–Trinajstić information content (AvgIpc) is 2.29. The Hall–Kier alpha value is -2.04. The van der Waals surface area contributed by atoms with E-state index in [1.54, 1.807) is 13.8 Å². The zero-order valence-electron chi connectivity index (χ0n) is 12.2. The molecule has 1 rings (SSSR count). The summed E-state index contributed by atoms with van der Waals surface area (Å²) in [5.41, 5.74) is 1.62. The van der Waals surface area contributed by atoms with E-state index >= 15 is 0 Å². The lowest BCUT2D eigenvalue weighted by Gasteiger charge is -2.24. The van der Waals surface area contributed by atoms with Crippen molar-refractivity contribution in [2.24, 2.45) is 0 Å². The summed E-state index contributed by atoms with van der Waals surface area (Å²) in [6, 6.07) is 7.67. The van der Waals surface area contributed by atoms with Crippen LogP contribution in [0.3, 0.4) is 0 Å². The van der Waals surface area contributed by atoms with E-state index in [2.05, 4.69) is 10.6 Å². The summed E-state index contributed by atoms with van der Waals surface area (Å²) >= 11 is 0. The van der Waals surface area contributed by atoms with Crippen LogP contribution in [0.2, 0.25) is 0 Å². The van der Waals surface area contributed by atoms with Crippen molar-refractivity contribution in [3.05, 3.63) is 35.4 Å². The fourth-order valence-corrected chi connectivity index (χ4v) is 1.98. The average molecular weight is 278 g/mol. The number of rotatable bonds is 6. The summed E-state index contributed by atoms with van der Waals surface area (Å²) < 4.78 is 0. The number of carbonyl (C=O) groups excluding carboxylic acids is 1. The minimum Gasteiger partial charge on any atom is -0.481 e. The van der Waals surface area contributed by atoms with Crippen molar-refractivity contribution in [1.29, 1.82) is 0 Å². The van der Waals surface area contributed by atoms with Crippen molar-refractivity contribution in [2.45, 2.75) is 39.2 Å². The van der Waals surface area contributed by atoms with Crippen LogP contribution < -0.4 is 10.6 Å². The molecule has 5 heteroatoms. The molecular formula is C15H22N2O3. The molecule has 1 aromatic rings. The third kappa shape index (κ3) is 5.73. The van der Waals surface area contributed by atoms with Crippen LogP contribution in [0.15, 0.2) is 24.3 Å². The van der Waals surface area contributed by atoms with Crippen molar-refractivity contribution < 1.29 is 14.7 Å². The number of carboxylic acid groups (broad SMARTS) is 1. The Morgan fingerprint density at radius 2 is 1.90 bits per heavy atom. The molecule has 0 unspecified atom stereocenters. The van der Waals surface area contributed by atoms with Crippen LogP contribution in [0.4, 0.5) is 4.79 Å². The highest BCUT2D eigenvalue weighted by molar-refractivity contribution is 5.76. The van der Waals surface area contributed by atoms with Crippen LogP contribution in [-0.2, 0) is 11.2 Å². The van der Waals surface area contributed by atoms with Crippen LogP contribution in [0, 0.1) is 6.92 Å². The molecule has 0 heterocycles. The van der Waals surface area contributed by atoms with Gasteiger partial charge in [0.1, 0.15) is 0 Å². The minimum atomic E-state index is -0.935. The molecule has 0 saturated heterocycles. The van der Waals surface area contributed by atoms with Gasteiger partial charge in [-0.15, -0.1) is 0 Å². The maximum absolute atomic E-state index is 11.7. The fraction of sp³-hybridized carbons (Fsp3) is 0.467. The summed E-state index contributed by atoms with van der Waals surface area (Å²) in [5.74, 6) is -0.935. The Balaban J connectivity index is 2.37. The molecule has 0 saturated carbocycles. The number of amides is 2. The predicted molar refractivity (Wildman–Crippen MR) is 77.7 cm³/mol. The van der Waals surface area contributed by atoms with Crippen LogP contribution in [0.25, 0.3) is 0 Å². The van der Waals surface area contributed by atoms with Gasteiger partial charge in [-0.05, 0) is 38.3 Å². The van der Waals surface area contributed by atoms with Crippen molar-refractivity contribution >= 4 is 12.0 Å². The van der Waals surface area contributed by atoms with E-state index in [4.69, 9.17) is 5.11 Å². The van der Waals surface area contributed by atoms with Gasteiger partial charge in [0.05, 0.1) is 6.42 Å². The first-order chi connectivity index (χ1) is 9.30. The van der Waals surface area contributed by atoms with Gasteiger partial charge in [-0.1, -0.05) is 24.3 Å². The summed E-state index contributed by atoms with van der Waals surface area (Å²) in [4.78, 5) is 22.4. The molecule has 0 fully saturated rings. The van der Waals surface area contributed by atoms with Crippen molar-refractivity contribution in [3.8, 4) is 0 Å². The van der Waals surface area contributed by atoms with Gasteiger partial charge in [-0.2, -0.15) is 0 Å². The summed E-state index contributed by atoms with van der Waals surface area (Å²) in [7, 11) is 0. The second-order valence-corrected chi connectivity index (χ2v) is 5.51. The molecule has 0 aliphatic heterocycles. The lowest BCUT2D eigenvalue weighted by molar-refractivity contribution is -0.138. The second-order valence-electron chi connectivity index (χ2n) is 5.51. The number of carboxylic acids is 1. The quantitative estimate of drug-likeness (QED) is 0.745. The van der Waals surface area contributed by atoms with Gasteiger partial charge in [-0.25, -0.2) is 4.79 Å². The first-order valence-corrected chi connectivity index (χ1v) is 6.62. The highest BCUT2D eigenvalue weighted by Gasteiger charge is 2.23. The van der Waals surface area contributed by atoms with Gasteiger partial charge < -0.3 is 15.7 Å². The van der Waals surface area contributed by atoms with Gasteiger partial charge in [0, 0.05) is 12.1 Å². The van der Waals surface area contributed by atoms with Crippen LogP contribution in [-0.4, -0.2) is 29.2 Å². The normalized spacial score (nSPS) is 10.9. The number of carbonyl (C=O) groups is 2. The number of aliphatic carboxylic acids is 1. The standard InChI is InChI=1S/C15H22N2O3/c1-11-6-4-5-7-12(11)8-9-16-14(20)17-15(2,3)10-13(18)19/h4-7H,8-10H2,1-3H3,(H,18,19)(H2,16,17,20). The maximum Gasteiger partial charge on any atom is 0.315 e. The molecule has 3 N–H and O–H groups in total. The minimum absolute atomic E-state index is 0.113. The third-order valence-electron chi connectivity index (χ3n) is 2.99. The molecule has 20 heavy (non-hydrogen) atoms. The molecule has 110 valence electrons. The Morgan fingerprint density at radius 3 is 2.50 bits per heavy atom. The largest absolute Gasteiger partial charge is 0.481 e. The van der Waals surface area contributed by atoms with Crippen LogP contribution in [0.1, 0.15) is 31.4 Å². The van der Waals surface area contributed by atoms with Crippen molar-refractivity contribution in [1.82, 2.24) is 10.6 Å². The number of aryl methyl sites for hydroxylation is 1. The smallest absolute Gasteiger partial charge is 0.315 e. The maximum atomic E-state index is 11.7. The Morgan fingerprint density at radius 1 is 1.25 bits per heavy atom. The number of hydrogen-bond donors (Lipinski definition) is 3. The Bertz CT molecular complexity index is 484. The molecule has 0 aliphatic carbocycles. The Labute approximate surface area is 119 Å². The molecule has 0 radical (unpaired) electrons. The second kappa shape index (κ2) is 6.93. The van der Waals surface area contributed by atoms with Gasteiger partial charge in [0.2, 0.25) is 0 Å². The summed E-state index contributed by atoms with van der Waals surface area (Å²) in [5, 5.41) is 14.1. The SMILES string of the molecule is Cc1ccccc1CCNC(=O)NC(C)(C)CC(=O)O. The monoisotopic (exact) mass is 278 g/mol. The van der Waals surface area contributed by atoms with Crippen molar-refractivity contribution in [3.63, 3.8) is 0 Å². The van der Waals surface area contributed by atoms with E-state index in [-0.39, 0.29) is 12.5 Å². The van der Waals surface area contributed by atoms with Crippen LogP contribution in [0.5, 0.6) is 0 Å². The molecule has 2 amide bonds. The molecule has 5 nitrogen and oxygen atoms in total. The van der Waals surface area contributed by atoms with E-state index in [9.17, 15) is 9.59 Å². The van der Waals surface area contributed by atoms with E-state index in [1.165, 1.54) is 11.1 Å². The molecule has 0 aliphatic rings. The summed E-state index contributed by atoms with van der Waals surface area (Å²) in [6.07, 6.45) is 0.637. The fourth-order valence-electron chi connectivity index (χ4n) is 1.98. The van der Waals surface area contributed by atoms with Crippen LogP contribution >= 0.6 is 0 Å². The number of urea groups is 1. The van der Waals surface area contributed by atoms with E-state index in [1.807, 2.05) is 31.2 Å². The third-order valence-corrected chi connectivity index (χ3v) is 2.99. The van der Waals surface area contributed by atoms with Crippen molar-refractivity contribution in [2.75, 3.05) is 6.54 Å². The number of hydrogen-bond acceptors (Lipinski definition) is 2. The molecule has 0 bridgehead atoms. The van der Waals surface area contributed by atoms with E-state index < -0.39 is 11.5 Å². The molecule has 0 spiro atoms. The van der Waals surface area contributed by atoms with E-state index in [0.717, 1.165) is 6.42 Å². The number of benzene rings is 1. The topological polar surface area (TPSA) is 78.4 Å². The predicted octanol–water partition coefficient (Wildman–Crippen LogP) is 2.09. The molecule has 0 atom stereocenters. The van der Waals surface area contributed by atoms with Gasteiger partial charge in [-0.3, -0.25) is 4.79 Å². The highest BCUT2D eigenvalue weighted by Crippen LogP contribution is 2.08. The highest BCUT2D eigenvalue weighted by atomic mass is 16.4. The van der Waals surface area contributed by atoms with E-state index in [0.29, 0.717) is 6.54 Å². The summed E-state index contributed by atoms with van der Waals surface area (Å²) in [6.45, 7) is 5.91. The lowest BCUT2D eigenvalue weighted by atomic mass is 10.0. The van der Waals surface area contributed by atoms with Gasteiger partial charge >= 0.3 is 12.0 Å². The molecule has 1 aromatic carbocycles. The zero-order chi connectivity index (χ0) is 15.2. The van der Waals surface area contributed by atoms with Gasteiger partial charge in [0.25, 0.3) is 0 Å². The molecule has 0 aromatic heterocycles. The van der Waals surface area contributed by atoms with Gasteiger partial charge in [0.15, 0.2) is 0 Å². The molecular weight excluding hydrogens is 256 g/mol. The lowest BCUT2D eigenvalue weighted by Crippen LogP contribution is -2.49.